The molecule has 3 aromatic rings. The van der Waals surface area contributed by atoms with Gasteiger partial charge in [0.25, 0.3) is 0 Å². The second kappa shape index (κ2) is 6.36. The summed E-state index contributed by atoms with van der Waals surface area (Å²) in [6.07, 6.45) is 3.47. The Hall–Kier alpha value is -3.21. The first-order valence-corrected chi connectivity index (χ1v) is 8.27. The second-order valence-electron chi connectivity index (χ2n) is 6.18. The number of carbonyl (C=O) groups excluding carboxylic acids is 2. The van der Waals surface area contributed by atoms with E-state index in [4.69, 9.17) is 0 Å². The summed E-state index contributed by atoms with van der Waals surface area (Å²) in [7, 11) is 0. The fourth-order valence-corrected chi connectivity index (χ4v) is 2.87. The number of hydrogen-bond donors (Lipinski definition) is 2. The quantitative estimate of drug-likeness (QED) is 0.335. The van der Waals surface area contributed by atoms with Crippen LogP contribution in [0.1, 0.15) is 18.4 Å². The molecule has 1 saturated carbocycles. The molecule has 124 valence electrons. The van der Waals surface area contributed by atoms with Crippen molar-refractivity contribution in [2.45, 2.75) is 18.9 Å². The van der Waals surface area contributed by atoms with Crippen LogP contribution >= 0.6 is 0 Å². The zero-order chi connectivity index (χ0) is 17.2. The highest BCUT2D eigenvalue weighted by molar-refractivity contribution is 6.35. The summed E-state index contributed by atoms with van der Waals surface area (Å²) in [6, 6.07) is 18.3. The van der Waals surface area contributed by atoms with Crippen molar-refractivity contribution in [2.75, 3.05) is 0 Å². The van der Waals surface area contributed by atoms with Gasteiger partial charge in [-0.15, -0.1) is 0 Å². The SMILES string of the molecule is O=C(N/N=C\c1c2ccccc2cc2ccccc12)C(=O)NC1CC1. The summed E-state index contributed by atoms with van der Waals surface area (Å²) in [5, 5.41) is 10.9. The molecule has 0 heterocycles. The Morgan fingerprint density at radius 2 is 1.52 bits per heavy atom. The highest BCUT2D eigenvalue weighted by Crippen LogP contribution is 2.27. The molecule has 4 rings (SSSR count). The van der Waals surface area contributed by atoms with E-state index < -0.39 is 11.8 Å². The molecule has 5 heteroatoms. The molecule has 0 aliphatic heterocycles. The van der Waals surface area contributed by atoms with Crippen LogP contribution in [0.2, 0.25) is 0 Å². The number of nitrogens with zero attached hydrogens (tertiary/aromatic N) is 1. The number of fused-ring (bicyclic) bond motifs is 2. The Bertz CT molecular complexity index is 952. The van der Waals surface area contributed by atoms with Crippen LogP contribution in [-0.2, 0) is 9.59 Å². The van der Waals surface area contributed by atoms with Gasteiger partial charge in [0.1, 0.15) is 0 Å². The van der Waals surface area contributed by atoms with Gasteiger partial charge in [-0.1, -0.05) is 48.5 Å². The number of amides is 2. The van der Waals surface area contributed by atoms with Gasteiger partial charge in [0.05, 0.1) is 6.21 Å². The molecule has 0 spiro atoms. The smallest absolute Gasteiger partial charge is 0.329 e. The van der Waals surface area contributed by atoms with Crippen molar-refractivity contribution in [1.82, 2.24) is 10.7 Å². The van der Waals surface area contributed by atoms with Crippen LogP contribution < -0.4 is 10.7 Å². The topological polar surface area (TPSA) is 70.6 Å². The van der Waals surface area contributed by atoms with Gasteiger partial charge >= 0.3 is 11.8 Å². The fourth-order valence-electron chi connectivity index (χ4n) is 2.87. The molecule has 1 aliphatic rings. The maximum absolute atomic E-state index is 11.8. The van der Waals surface area contributed by atoms with Crippen molar-refractivity contribution < 1.29 is 9.59 Å². The van der Waals surface area contributed by atoms with Crippen LogP contribution in [0.4, 0.5) is 0 Å². The van der Waals surface area contributed by atoms with Gasteiger partial charge in [-0.05, 0) is 40.5 Å². The van der Waals surface area contributed by atoms with Crippen molar-refractivity contribution in [3.63, 3.8) is 0 Å². The lowest BCUT2D eigenvalue weighted by Gasteiger charge is -2.08. The van der Waals surface area contributed by atoms with E-state index in [0.29, 0.717) is 0 Å². The monoisotopic (exact) mass is 331 g/mol. The lowest BCUT2D eigenvalue weighted by atomic mass is 9.97. The van der Waals surface area contributed by atoms with Crippen LogP contribution in [0.5, 0.6) is 0 Å². The summed E-state index contributed by atoms with van der Waals surface area (Å²) in [5.74, 6) is -1.38. The molecule has 2 N–H and O–H groups in total. The van der Waals surface area contributed by atoms with Gasteiger partial charge in [0.2, 0.25) is 0 Å². The standard InChI is InChI=1S/C20H17N3O2/c24-19(22-15-9-10-15)20(25)23-21-12-18-16-7-3-1-5-13(16)11-14-6-2-4-8-17(14)18/h1-8,11-12,15H,9-10H2,(H,22,24)(H,23,25)/b21-12-. The minimum absolute atomic E-state index is 0.143. The summed E-state index contributed by atoms with van der Waals surface area (Å²) in [5.41, 5.74) is 3.23. The number of carbonyl (C=O) groups is 2. The molecular formula is C20H17N3O2. The molecule has 0 radical (unpaired) electrons. The van der Waals surface area contributed by atoms with Gasteiger partial charge in [-0.25, -0.2) is 5.43 Å². The van der Waals surface area contributed by atoms with E-state index in [1.165, 1.54) is 0 Å². The van der Waals surface area contributed by atoms with Crippen molar-refractivity contribution in [1.29, 1.82) is 0 Å². The van der Waals surface area contributed by atoms with Gasteiger partial charge in [-0.2, -0.15) is 5.10 Å². The molecule has 1 fully saturated rings. The second-order valence-corrected chi connectivity index (χ2v) is 6.18. The molecule has 0 aromatic heterocycles. The molecule has 5 nitrogen and oxygen atoms in total. The Morgan fingerprint density at radius 1 is 0.920 bits per heavy atom. The fraction of sp³-hybridized carbons (Fsp3) is 0.150. The van der Waals surface area contributed by atoms with E-state index in [1.54, 1.807) is 6.21 Å². The molecule has 0 saturated heterocycles. The maximum Gasteiger partial charge on any atom is 0.329 e. The van der Waals surface area contributed by atoms with Gasteiger partial charge in [0.15, 0.2) is 0 Å². The Balaban J connectivity index is 1.64. The predicted octanol–water partition coefficient (Wildman–Crippen LogP) is 2.72. The van der Waals surface area contributed by atoms with Crippen LogP contribution in [0.15, 0.2) is 59.7 Å². The van der Waals surface area contributed by atoms with E-state index in [9.17, 15) is 9.59 Å². The average Bonchev–Trinajstić information content (AvgIpc) is 3.45. The number of benzene rings is 3. The largest absolute Gasteiger partial charge is 0.345 e. The van der Waals surface area contributed by atoms with Crippen molar-refractivity contribution in [3.8, 4) is 0 Å². The first kappa shape index (κ1) is 15.3. The number of hydrogen-bond acceptors (Lipinski definition) is 3. The lowest BCUT2D eigenvalue weighted by Crippen LogP contribution is -2.38. The number of nitrogens with one attached hydrogen (secondary N) is 2. The molecule has 0 bridgehead atoms. The minimum atomic E-state index is -0.743. The molecule has 3 aromatic carbocycles. The van der Waals surface area contributed by atoms with Crippen molar-refractivity contribution in [2.24, 2.45) is 5.10 Å². The number of rotatable bonds is 3. The van der Waals surface area contributed by atoms with Gasteiger partial charge < -0.3 is 5.32 Å². The Labute approximate surface area is 144 Å². The average molecular weight is 331 g/mol. The zero-order valence-electron chi connectivity index (χ0n) is 13.5. The first-order chi connectivity index (χ1) is 12.2. The summed E-state index contributed by atoms with van der Waals surface area (Å²) in [6.45, 7) is 0. The maximum atomic E-state index is 11.8. The van der Waals surface area contributed by atoms with E-state index in [2.05, 4.69) is 21.9 Å². The normalized spacial score (nSPS) is 14.1. The molecule has 25 heavy (non-hydrogen) atoms. The highest BCUT2D eigenvalue weighted by Gasteiger charge is 2.26. The van der Waals surface area contributed by atoms with Gasteiger partial charge in [-0.3, -0.25) is 9.59 Å². The zero-order valence-corrected chi connectivity index (χ0v) is 13.5. The van der Waals surface area contributed by atoms with E-state index >= 15 is 0 Å². The van der Waals surface area contributed by atoms with Crippen LogP contribution in [-0.4, -0.2) is 24.1 Å². The molecule has 1 aliphatic carbocycles. The summed E-state index contributed by atoms with van der Waals surface area (Å²) in [4.78, 5) is 23.5. The Kier molecular flexibility index (Phi) is 3.90. The first-order valence-electron chi connectivity index (χ1n) is 8.27. The van der Waals surface area contributed by atoms with Crippen LogP contribution in [0.3, 0.4) is 0 Å². The Morgan fingerprint density at radius 3 is 2.12 bits per heavy atom. The third-order valence-corrected chi connectivity index (χ3v) is 4.29. The highest BCUT2D eigenvalue weighted by atomic mass is 16.2. The minimum Gasteiger partial charge on any atom is -0.345 e. The molecule has 2 amide bonds. The van der Waals surface area contributed by atoms with Gasteiger partial charge in [0, 0.05) is 11.6 Å². The van der Waals surface area contributed by atoms with E-state index in [1.807, 2.05) is 48.5 Å². The third kappa shape index (κ3) is 3.21. The summed E-state index contributed by atoms with van der Waals surface area (Å²) >= 11 is 0. The lowest BCUT2D eigenvalue weighted by molar-refractivity contribution is -0.139. The molecular weight excluding hydrogens is 314 g/mol. The third-order valence-electron chi connectivity index (χ3n) is 4.29. The summed E-state index contributed by atoms with van der Waals surface area (Å²) < 4.78 is 0. The predicted molar refractivity (Wildman–Crippen MR) is 98.4 cm³/mol. The van der Waals surface area contributed by atoms with Crippen LogP contribution in [0.25, 0.3) is 21.5 Å². The van der Waals surface area contributed by atoms with Crippen molar-refractivity contribution >= 4 is 39.6 Å². The number of hydrazone groups is 1. The molecule has 0 atom stereocenters. The van der Waals surface area contributed by atoms with Crippen LogP contribution in [0, 0.1) is 0 Å². The van der Waals surface area contributed by atoms with Crippen molar-refractivity contribution in [3.05, 3.63) is 60.2 Å². The van der Waals surface area contributed by atoms with E-state index in [0.717, 1.165) is 39.9 Å². The molecule has 0 unspecified atom stereocenters. The van der Waals surface area contributed by atoms with E-state index in [-0.39, 0.29) is 6.04 Å².